The highest BCUT2D eigenvalue weighted by molar-refractivity contribution is 7.93. The summed E-state index contributed by atoms with van der Waals surface area (Å²) in [5, 5.41) is 0. The molecule has 3 nitrogen and oxygen atoms in total. The lowest BCUT2D eigenvalue weighted by Gasteiger charge is -2.46. The van der Waals surface area contributed by atoms with E-state index in [1.807, 2.05) is 30.3 Å². The Morgan fingerprint density at radius 1 is 1.00 bits per heavy atom. The number of hydrogen-bond acceptors (Lipinski definition) is 3. The summed E-state index contributed by atoms with van der Waals surface area (Å²) in [6.07, 6.45) is 4.77. The van der Waals surface area contributed by atoms with Gasteiger partial charge in [-0.1, -0.05) is 55.5 Å². The average molecular weight is 340 g/mol. The molecule has 24 heavy (non-hydrogen) atoms. The molecular weight excluding hydrogens is 320 g/mol. The molecule has 0 amide bonds. The van der Waals surface area contributed by atoms with E-state index in [0.29, 0.717) is 11.3 Å². The topological polar surface area (TPSA) is 43.4 Å². The van der Waals surface area contributed by atoms with Crippen LogP contribution in [-0.2, 0) is 9.84 Å². The van der Waals surface area contributed by atoms with Gasteiger partial charge in [0.25, 0.3) is 0 Å². The Labute approximate surface area is 142 Å². The van der Waals surface area contributed by atoms with Gasteiger partial charge in [0, 0.05) is 11.5 Å². The summed E-state index contributed by atoms with van der Waals surface area (Å²) >= 11 is 0. The van der Waals surface area contributed by atoms with Crippen LogP contribution < -0.4 is 4.74 Å². The van der Waals surface area contributed by atoms with Crippen LogP contribution in [0.5, 0.6) is 5.75 Å². The summed E-state index contributed by atoms with van der Waals surface area (Å²) < 4.78 is 32.2. The van der Waals surface area contributed by atoms with Crippen molar-refractivity contribution >= 4 is 9.84 Å². The summed E-state index contributed by atoms with van der Waals surface area (Å²) in [4.78, 5) is 0.375. The number of ether oxygens (including phenoxy) is 1. The van der Waals surface area contributed by atoms with Crippen molar-refractivity contribution in [2.24, 2.45) is 5.92 Å². The Morgan fingerprint density at radius 2 is 1.71 bits per heavy atom. The van der Waals surface area contributed by atoms with Crippen LogP contribution in [0.25, 0.3) is 0 Å². The van der Waals surface area contributed by atoms with E-state index in [-0.39, 0.29) is 18.4 Å². The SMILES string of the molecule is CC1C=C[C@@H]2c3ccccc3OC[C@@]2(S(=O)(=O)c2ccccc2)C1. The van der Waals surface area contributed by atoms with E-state index < -0.39 is 14.6 Å². The van der Waals surface area contributed by atoms with E-state index in [9.17, 15) is 8.42 Å². The van der Waals surface area contributed by atoms with E-state index >= 15 is 0 Å². The molecule has 2 aromatic carbocycles. The molecule has 2 aliphatic rings. The van der Waals surface area contributed by atoms with Gasteiger partial charge in [-0.2, -0.15) is 0 Å². The zero-order valence-electron chi connectivity index (χ0n) is 13.6. The van der Waals surface area contributed by atoms with Crippen molar-refractivity contribution in [3.8, 4) is 5.75 Å². The fraction of sp³-hybridized carbons (Fsp3) is 0.300. The van der Waals surface area contributed by atoms with Gasteiger partial charge in [0.05, 0.1) is 4.90 Å². The van der Waals surface area contributed by atoms with E-state index in [1.165, 1.54) is 0 Å². The van der Waals surface area contributed by atoms with Gasteiger partial charge >= 0.3 is 0 Å². The highest BCUT2D eigenvalue weighted by Crippen LogP contribution is 2.51. The predicted octanol–water partition coefficient (Wildman–Crippen LogP) is 3.97. The summed E-state index contributed by atoms with van der Waals surface area (Å²) in [6.45, 7) is 2.26. The Balaban J connectivity index is 1.93. The van der Waals surface area contributed by atoms with E-state index in [2.05, 4.69) is 19.1 Å². The van der Waals surface area contributed by atoms with Gasteiger partial charge in [-0.15, -0.1) is 0 Å². The normalized spacial score (nSPS) is 28.5. The van der Waals surface area contributed by atoms with Crippen molar-refractivity contribution in [1.29, 1.82) is 0 Å². The van der Waals surface area contributed by atoms with E-state index in [4.69, 9.17) is 4.74 Å². The fourth-order valence-corrected chi connectivity index (χ4v) is 6.23. The summed E-state index contributed by atoms with van der Waals surface area (Å²) in [6, 6.07) is 16.5. The number of fused-ring (bicyclic) bond motifs is 3. The third-order valence-corrected chi connectivity index (χ3v) is 7.68. The zero-order chi connectivity index (χ0) is 16.8. The monoisotopic (exact) mass is 340 g/mol. The van der Waals surface area contributed by atoms with Crippen LogP contribution in [0.15, 0.2) is 71.6 Å². The number of rotatable bonds is 2. The maximum atomic E-state index is 13.6. The molecule has 1 unspecified atom stereocenters. The summed E-state index contributed by atoms with van der Waals surface area (Å²) in [5.41, 5.74) is 0.964. The van der Waals surface area contributed by atoms with Crippen molar-refractivity contribution in [3.05, 3.63) is 72.3 Å². The Bertz CT molecular complexity index is 886. The zero-order valence-corrected chi connectivity index (χ0v) is 14.4. The molecule has 3 atom stereocenters. The minimum atomic E-state index is -3.54. The highest BCUT2D eigenvalue weighted by atomic mass is 32.2. The molecule has 0 radical (unpaired) electrons. The largest absolute Gasteiger partial charge is 0.492 e. The minimum Gasteiger partial charge on any atom is -0.492 e. The Kier molecular flexibility index (Phi) is 3.53. The molecule has 0 bridgehead atoms. The Morgan fingerprint density at radius 3 is 2.50 bits per heavy atom. The molecule has 4 heteroatoms. The van der Waals surface area contributed by atoms with Gasteiger partial charge in [0.1, 0.15) is 17.1 Å². The van der Waals surface area contributed by atoms with E-state index in [0.717, 1.165) is 11.3 Å². The van der Waals surface area contributed by atoms with Gasteiger partial charge in [0.2, 0.25) is 0 Å². The van der Waals surface area contributed by atoms with Crippen LogP contribution in [0, 0.1) is 5.92 Å². The number of allylic oxidation sites excluding steroid dienone is 2. The molecule has 0 saturated heterocycles. The van der Waals surface area contributed by atoms with Gasteiger partial charge in [-0.25, -0.2) is 8.42 Å². The van der Waals surface area contributed by atoms with Crippen LogP contribution in [0.4, 0.5) is 0 Å². The second-order valence-electron chi connectivity index (χ2n) is 6.75. The first kappa shape index (κ1) is 15.5. The third-order valence-electron chi connectivity index (χ3n) is 5.18. The molecule has 0 aromatic heterocycles. The predicted molar refractivity (Wildman–Crippen MR) is 94.0 cm³/mol. The molecule has 1 aliphatic carbocycles. The third kappa shape index (κ3) is 2.13. The lowest BCUT2D eigenvalue weighted by atomic mass is 9.74. The number of para-hydroxylation sites is 1. The number of benzene rings is 2. The van der Waals surface area contributed by atoms with Crippen molar-refractivity contribution < 1.29 is 13.2 Å². The van der Waals surface area contributed by atoms with Crippen molar-refractivity contribution in [1.82, 2.24) is 0 Å². The lowest BCUT2D eigenvalue weighted by Crippen LogP contribution is -2.53. The van der Waals surface area contributed by atoms with Crippen LogP contribution in [0.1, 0.15) is 24.8 Å². The van der Waals surface area contributed by atoms with Crippen molar-refractivity contribution in [2.75, 3.05) is 6.61 Å². The molecule has 0 N–H and O–H groups in total. The quantitative estimate of drug-likeness (QED) is 0.777. The van der Waals surface area contributed by atoms with Crippen LogP contribution in [0.3, 0.4) is 0 Å². The van der Waals surface area contributed by atoms with Gasteiger partial charge in [-0.05, 0) is 30.5 Å². The average Bonchev–Trinajstić information content (AvgIpc) is 2.61. The van der Waals surface area contributed by atoms with Crippen LogP contribution in [0.2, 0.25) is 0 Å². The minimum absolute atomic E-state index is 0.177. The summed E-state index contributed by atoms with van der Waals surface area (Å²) in [7, 11) is -3.54. The molecule has 0 saturated carbocycles. The first-order chi connectivity index (χ1) is 11.5. The number of sulfone groups is 1. The maximum Gasteiger partial charge on any atom is 0.188 e. The molecule has 1 heterocycles. The molecule has 0 fully saturated rings. The second kappa shape index (κ2) is 5.49. The second-order valence-corrected chi connectivity index (χ2v) is 9.04. The lowest BCUT2D eigenvalue weighted by molar-refractivity contribution is 0.200. The van der Waals surface area contributed by atoms with Crippen molar-refractivity contribution in [2.45, 2.75) is 28.9 Å². The Hall–Kier alpha value is -2.07. The first-order valence-corrected chi connectivity index (χ1v) is 9.73. The van der Waals surface area contributed by atoms with Crippen LogP contribution >= 0.6 is 0 Å². The molecular formula is C20H20O3S. The molecule has 2 aromatic rings. The molecule has 1 aliphatic heterocycles. The summed E-state index contributed by atoms with van der Waals surface area (Å²) in [5.74, 6) is 0.818. The molecule has 0 spiro atoms. The molecule has 124 valence electrons. The standard InChI is InChI=1S/C20H20O3S/c1-15-11-12-18-17-9-5-6-10-19(17)23-14-20(18,13-15)24(21,22)16-7-3-2-4-8-16/h2-12,15,18H,13-14H2,1H3/t15?,18-,20+/m1/s1. The highest BCUT2D eigenvalue weighted by Gasteiger charge is 2.55. The molecule has 4 rings (SSSR count). The van der Waals surface area contributed by atoms with E-state index in [1.54, 1.807) is 24.3 Å². The number of hydrogen-bond donors (Lipinski definition) is 0. The first-order valence-electron chi connectivity index (χ1n) is 8.24. The fourth-order valence-electron chi connectivity index (χ4n) is 4.01. The van der Waals surface area contributed by atoms with Gasteiger partial charge in [-0.3, -0.25) is 0 Å². The van der Waals surface area contributed by atoms with Crippen molar-refractivity contribution in [3.63, 3.8) is 0 Å². The van der Waals surface area contributed by atoms with Gasteiger partial charge in [0.15, 0.2) is 9.84 Å². The smallest absolute Gasteiger partial charge is 0.188 e. The van der Waals surface area contributed by atoms with Crippen LogP contribution in [-0.4, -0.2) is 19.8 Å². The van der Waals surface area contributed by atoms with Gasteiger partial charge < -0.3 is 4.74 Å². The maximum absolute atomic E-state index is 13.6.